The standard InChI is InChI=1S/C19H25N5O/c1-4-23-7-9-24(10-8-23)19-20-12-16(13-21-19)18(25)22-17-6-5-14(2)15(3)11-17/h5-6,11-13H,4,7-10H2,1-3H3,(H,22,25). The van der Waals surface area contributed by atoms with Crippen LogP contribution in [0.15, 0.2) is 30.6 Å². The molecule has 0 aliphatic carbocycles. The van der Waals surface area contributed by atoms with Crippen molar-refractivity contribution in [1.82, 2.24) is 14.9 Å². The molecule has 6 nitrogen and oxygen atoms in total. The average molecular weight is 339 g/mol. The average Bonchev–Trinajstić information content (AvgIpc) is 2.65. The number of nitrogens with one attached hydrogen (secondary N) is 1. The van der Waals surface area contributed by atoms with E-state index in [1.807, 2.05) is 32.0 Å². The van der Waals surface area contributed by atoms with E-state index in [-0.39, 0.29) is 5.91 Å². The third kappa shape index (κ3) is 4.14. The van der Waals surface area contributed by atoms with Crippen molar-refractivity contribution in [3.63, 3.8) is 0 Å². The van der Waals surface area contributed by atoms with Crippen LogP contribution in [0.25, 0.3) is 0 Å². The summed E-state index contributed by atoms with van der Waals surface area (Å²) in [6, 6.07) is 5.87. The van der Waals surface area contributed by atoms with E-state index >= 15 is 0 Å². The van der Waals surface area contributed by atoms with E-state index in [9.17, 15) is 4.79 Å². The summed E-state index contributed by atoms with van der Waals surface area (Å²) in [5.74, 6) is 0.504. The molecular weight excluding hydrogens is 314 g/mol. The summed E-state index contributed by atoms with van der Waals surface area (Å²) in [5.41, 5.74) is 3.60. The molecule has 0 saturated carbocycles. The number of aryl methyl sites for hydroxylation is 2. The second kappa shape index (κ2) is 7.61. The van der Waals surface area contributed by atoms with Crippen LogP contribution in [-0.4, -0.2) is 53.5 Å². The van der Waals surface area contributed by atoms with Gasteiger partial charge in [0, 0.05) is 44.3 Å². The molecule has 1 fully saturated rings. The SMILES string of the molecule is CCN1CCN(c2ncc(C(=O)Nc3ccc(C)c(C)c3)cn2)CC1. The number of hydrogen-bond donors (Lipinski definition) is 1. The fraction of sp³-hybridized carbons (Fsp3) is 0.421. The largest absolute Gasteiger partial charge is 0.338 e. The van der Waals surface area contributed by atoms with Gasteiger partial charge in [0.05, 0.1) is 5.56 Å². The Morgan fingerprint density at radius 3 is 2.36 bits per heavy atom. The zero-order chi connectivity index (χ0) is 17.8. The van der Waals surface area contributed by atoms with Crippen LogP contribution >= 0.6 is 0 Å². The smallest absolute Gasteiger partial charge is 0.258 e. The second-order valence-corrected chi connectivity index (χ2v) is 6.45. The van der Waals surface area contributed by atoms with Gasteiger partial charge in [-0.1, -0.05) is 13.0 Å². The summed E-state index contributed by atoms with van der Waals surface area (Å²) in [6.07, 6.45) is 3.20. The monoisotopic (exact) mass is 339 g/mol. The van der Waals surface area contributed by atoms with Gasteiger partial charge < -0.3 is 15.1 Å². The maximum absolute atomic E-state index is 12.4. The quantitative estimate of drug-likeness (QED) is 0.927. The van der Waals surface area contributed by atoms with Crippen LogP contribution in [0.2, 0.25) is 0 Å². The van der Waals surface area contributed by atoms with E-state index in [4.69, 9.17) is 0 Å². The molecule has 0 atom stereocenters. The Morgan fingerprint density at radius 1 is 1.08 bits per heavy atom. The number of likely N-dealkylation sites (N-methyl/N-ethyl adjacent to an activating group) is 1. The molecule has 132 valence electrons. The molecule has 1 amide bonds. The van der Waals surface area contributed by atoms with Crippen LogP contribution in [0.5, 0.6) is 0 Å². The molecule has 0 radical (unpaired) electrons. The number of anilines is 2. The molecule has 0 spiro atoms. The van der Waals surface area contributed by atoms with Gasteiger partial charge >= 0.3 is 0 Å². The molecule has 2 heterocycles. The summed E-state index contributed by atoms with van der Waals surface area (Å²) in [4.78, 5) is 25.7. The van der Waals surface area contributed by atoms with Crippen LogP contribution in [0, 0.1) is 13.8 Å². The Bertz CT molecular complexity index is 736. The first-order valence-electron chi connectivity index (χ1n) is 8.74. The van der Waals surface area contributed by atoms with Crippen LogP contribution in [-0.2, 0) is 0 Å². The first-order valence-corrected chi connectivity index (χ1v) is 8.74. The number of hydrogen-bond acceptors (Lipinski definition) is 5. The van der Waals surface area contributed by atoms with Gasteiger partial charge in [-0.3, -0.25) is 4.79 Å². The van der Waals surface area contributed by atoms with E-state index in [0.29, 0.717) is 11.5 Å². The number of carbonyl (C=O) groups excluding carboxylic acids is 1. The fourth-order valence-electron chi connectivity index (χ4n) is 2.89. The molecule has 0 unspecified atom stereocenters. The summed E-state index contributed by atoms with van der Waals surface area (Å²) in [7, 11) is 0. The lowest BCUT2D eigenvalue weighted by Gasteiger charge is -2.33. The lowest BCUT2D eigenvalue weighted by molar-refractivity contribution is 0.102. The van der Waals surface area contributed by atoms with Gasteiger partial charge in [-0.05, 0) is 43.7 Å². The number of carbonyl (C=O) groups is 1. The molecule has 1 saturated heterocycles. The number of rotatable bonds is 4. The minimum Gasteiger partial charge on any atom is -0.338 e. The van der Waals surface area contributed by atoms with Gasteiger partial charge in [-0.15, -0.1) is 0 Å². The Hall–Kier alpha value is -2.47. The van der Waals surface area contributed by atoms with Crippen LogP contribution in [0.4, 0.5) is 11.6 Å². The normalized spacial score (nSPS) is 15.2. The lowest BCUT2D eigenvalue weighted by Crippen LogP contribution is -2.46. The van der Waals surface area contributed by atoms with Gasteiger partial charge in [0.2, 0.25) is 5.95 Å². The third-order valence-corrected chi connectivity index (χ3v) is 4.77. The van der Waals surface area contributed by atoms with Crippen molar-refractivity contribution >= 4 is 17.5 Å². The minimum atomic E-state index is -0.189. The van der Waals surface area contributed by atoms with Crippen LogP contribution in [0.1, 0.15) is 28.4 Å². The van der Waals surface area contributed by atoms with Gasteiger partial charge in [-0.25, -0.2) is 9.97 Å². The lowest BCUT2D eigenvalue weighted by atomic mass is 10.1. The zero-order valence-corrected chi connectivity index (χ0v) is 15.1. The van der Waals surface area contributed by atoms with E-state index in [2.05, 4.69) is 32.0 Å². The first-order chi connectivity index (χ1) is 12.1. The molecule has 6 heteroatoms. The number of nitrogens with zero attached hydrogens (tertiary/aromatic N) is 4. The highest BCUT2D eigenvalue weighted by Crippen LogP contribution is 2.16. The first kappa shape index (κ1) is 17.4. The Morgan fingerprint density at radius 2 is 1.76 bits per heavy atom. The summed E-state index contributed by atoms with van der Waals surface area (Å²) >= 11 is 0. The summed E-state index contributed by atoms with van der Waals surface area (Å²) in [5, 5.41) is 2.90. The van der Waals surface area contributed by atoms with E-state index < -0.39 is 0 Å². The molecule has 1 aromatic carbocycles. The highest BCUT2D eigenvalue weighted by Gasteiger charge is 2.18. The predicted molar refractivity (Wildman–Crippen MR) is 100 cm³/mol. The third-order valence-electron chi connectivity index (χ3n) is 4.77. The highest BCUT2D eigenvalue weighted by atomic mass is 16.1. The van der Waals surface area contributed by atoms with Gasteiger partial charge in [0.1, 0.15) is 0 Å². The van der Waals surface area contributed by atoms with Crippen LogP contribution in [0.3, 0.4) is 0 Å². The van der Waals surface area contributed by atoms with Crippen molar-refractivity contribution < 1.29 is 4.79 Å². The van der Waals surface area contributed by atoms with Gasteiger partial charge in [-0.2, -0.15) is 0 Å². The van der Waals surface area contributed by atoms with Crippen molar-refractivity contribution in [3.05, 3.63) is 47.3 Å². The number of amides is 1. The number of piperazine rings is 1. The van der Waals surface area contributed by atoms with Crippen molar-refractivity contribution in [2.75, 3.05) is 42.9 Å². The van der Waals surface area contributed by atoms with Gasteiger partial charge in [0.25, 0.3) is 5.91 Å². The van der Waals surface area contributed by atoms with Crippen molar-refractivity contribution in [2.24, 2.45) is 0 Å². The summed E-state index contributed by atoms with van der Waals surface area (Å²) in [6.45, 7) is 11.2. The van der Waals surface area contributed by atoms with E-state index in [1.165, 1.54) is 5.56 Å². The Kier molecular flexibility index (Phi) is 5.28. The van der Waals surface area contributed by atoms with E-state index in [1.54, 1.807) is 12.4 Å². The van der Waals surface area contributed by atoms with E-state index in [0.717, 1.165) is 44.0 Å². The molecule has 2 aromatic rings. The predicted octanol–water partition coefficient (Wildman–Crippen LogP) is 2.49. The fourth-order valence-corrected chi connectivity index (χ4v) is 2.89. The second-order valence-electron chi connectivity index (χ2n) is 6.45. The van der Waals surface area contributed by atoms with Crippen LogP contribution < -0.4 is 10.2 Å². The molecule has 1 aliphatic rings. The molecule has 25 heavy (non-hydrogen) atoms. The maximum Gasteiger partial charge on any atom is 0.258 e. The molecule has 1 aromatic heterocycles. The minimum absolute atomic E-state index is 0.189. The summed E-state index contributed by atoms with van der Waals surface area (Å²) < 4.78 is 0. The zero-order valence-electron chi connectivity index (χ0n) is 15.1. The molecular formula is C19H25N5O. The van der Waals surface area contributed by atoms with Crippen molar-refractivity contribution in [1.29, 1.82) is 0 Å². The Labute approximate surface area is 148 Å². The molecule has 0 bridgehead atoms. The topological polar surface area (TPSA) is 61.4 Å². The molecule has 3 rings (SSSR count). The van der Waals surface area contributed by atoms with Crippen molar-refractivity contribution in [2.45, 2.75) is 20.8 Å². The molecule has 1 aliphatic heterocycles. The Balaban J connectivity index is 1.63. The molecule has 1 N–H and O–H groups in total. The van der Waals surface area contributed by atoms with Crippen molar-refractivity contribution in [3.8, 4) is 0 Å². The maximum atomic E-state index is 12.4. The van der Waals surface area contributed by atoms with Gasteiger partial charge in [0.15, 0.2) is 0 Å². The number of benzene rings is 1. The number of aromatic nitrogens is 2. The highest BCUT2D eigenvalue weighted by molar-refractivity contribution is 6.03.